The topological polar surface area (TPSA) is 84.9 Å². The van der Waals surface area contributed by atoms with E-state index in [0.29, 0.717) is 10.6 Å². The van der Waals surface area contributed by atoms with Gasteiger partial charge in [0.05, 0.1) is 5.00 Å². The van der Waals surface area contributed by atoms with E-state index in [1.165, 1.54) is 24.5 Å². The standard InChI is InChI=1S/C7H8N2O3S/c1-12-9-6(7(10)11)4-2-5(8)13-3-4/h2-3H,8H2,1H3,(H,10,11). The number of carboxylic acids is 1. The molecule has 0 spiro atoms. The zero-order valence-electron chi connectivity index (χ0n) is 6.85. The van der Waals surface area contributed by atoms with Crippen LogP contribution in [0.5, 0.6) is 0 Å². The van der Waals surface area contributed by atoms with Crippen molar-refractivity contribution in [2.24, 2.45) is 5.16 Å². The fourth-order valence-electron chi connectivity index (χ4n) is 0.784. The third kappa shape index (κ3) is 2.19. The van der Waals surface area contributed by atoms with Gasteiger partial charge in [0.25, 0.3) is 0 Å². The minimum absolute atomic E-state index is 0.143. The Labute approximate surface area is 78.4 Å². The zero-order valence-corrected chi connectivity index (χ0v) is 7.67. The molecule has 1 heterocycles. The van der Waals surface area contributed by atoms with Gasteiger partial charge in [-0.2, -0.15) is 0 Å². The third-order valence-electron chi connectivity index (χ3n) is 1.28. The normalized spacial score (nSPS) is 11.3. The second kappa shape index (κ2) is 3.90. The van der Waals surface area contributed by atoms with Crippen LogP contribution in [0.4, 0.5) is 5.00 Å². The molecule has 0 aromatic carbocycles. The molecule has 0 fully saturated rings. The van der Waals surface area contributed by atoms with Crippen molar-refractivity contribution >= 4 is 28.0 Å². The first-order chi connectivity index (χ1) is 6.15. The van der Waals surface area contributed by atoms with Gasteiger partial charge < -0.3 is 15.7 Å². The number of carbonyl (C=O) groups is 1. The molecule has 0 amide bonds. The number of oxime groups is 1. The number of aliphatic carboxylic acids is 1. The van der Waals surface area contributed by atoms with Crippen LogP contribution in [-0.4, -0.2) is 23.9 Å². The summed E-state index contributed by atoms with van der Waals surface area (Å²) in [6, 6.07) is 1.54. The Balaban J connectivity index is 3.02. The molecule has 0 aliphatic carbocycles. The SMILES string of the molecule is CON=C(C(=O)O)c1csc(N)c1. The highest BCUT2D eigenvalue weighted by molar-refractivity contribution is 7.14. The van der Waals surface area contributed by atoms with E-state index in [1.54, 1.807) is 5.38 Å². The molecule has 0 saturated carbocycles. The predicted molar refractivity (Wildman–Crippen MR) is 49.9 cm³/mol. The van der Waals surface area contributed by atoms with E-state index in [0.717, 1.165) is 0 Å². The van der Waals surface area contributed by atoms with E-state index < -0.39 is 5.97 Å². The van der Waals surface area contributed by atoms with Crippen LogP contribution in [0.1, 0.15) is 5.56 Å². The van der Waals surface area contributed by atoms with E-state index in [4.69, 9.17) is 10.8 Å². The molecule has 6 heteroatoms. The summed E-state index contributed by atoms with van der Waals surface area (Å²) < 4.78 is 0. The van der Waals surface area contributed by atoms with Gasteiger partial charge in [-0.15, -0.1) is 11.3 Å². The van der Waals surface area contributed by atoms with E-state index in [-0.39, 0.29) is 5.71 Å². The van der Waals surface area contributed by atoms with E-state index in [2.05, 4.69) is 9.99 Å². The van der Waals surface area contributed by atoms with Crippen molar-refractivity contribution in [1.82, 2.24) is 0 Å². The van der Waals surface area contributed by atoms with Gasteiger partial charge in [-0.3, -0.25) is 0 Å². The summed E-state index contributed by atoms with van der Waals surface area (Å²) in [6.07, 6.45) is 0. The Morgan fingerprint density at radius 1 is 1.77 bits per heavy atom. The van der Waals surface area contributed by atoms with Crippen molar-refractivity contribution in [1.29, 1.82) is 0 Å². The van der Waals surface area contributed by atoms with Gasteiger partial charge in [0.15, 0.2) is 5.71 Å². The number of anilines is 1. The molecule has 0 aliphatic rings. The summed E-state index contributed by atoms with van der Waals surface area (Å²) in [5.41, 5.74) is 5.75. The highest BCUT2D eigenvalue weighted by Gasteiger charge is 2.14. The van der Waals surface area contributed by atoms with Crippen molar-refractivity contribution in [2.45, 2.75) is 0 Å². The maximum absolute atomic E-state index is 10.7. The number of nitrogen functional groups attached to an aromatic ring is 1. The third-order valence-corrected chi connectivity index (χ3v) is 2.04. The Kier molecular flexibility index (Phi) is 2.86. The van der Waals surface area contributed by atoms with Crippen molar-refractivity contribution in [2.75, 3.05) is 12.8 Å². The summed E-state index contributed by atoms with van der Waals surface area (Å²) in [7, 11) is 1.29. The summed E-state index contributed by atoms with van der Waals surface area (Å²) in [5, 5.41) is 14.2. The first-order valence-electron chi connectivity index (χ1n) is 3.34. The fourth-order valence-corrected chi connectivity index (χ4v) is 1.42. The molecule has 3 N–H and O–H groups in total. The number of nitrogens with two attached hydrogens (primary N) is 1. The molecule has 70 valence electrons. The van der Waals surface area contributed by atoms with Gasteiger partial charge in [0.2, 0.25) is 0 Å². The van der Waals surface area contributed by atoms with Crippen LogP contribution in [0.25, 0.3) is 0 Å². The van der Waals surface area contributed by atoms with Crippen molar-refractivity contribution in [3.05, 3.63) is 17.0 Å². The molecular weight excluding hydrogens is 192 g/mol. The van der Waals surface area contributed by atoms with E-state index >= 15 is 0 Å². The molecule has 13 heavy (non-hydrogen) atoms. The fraction of sp³-hybridized carbons (Fsp3) is 0.143. The Bertz CT molecular complexity index is 345. The lowest BCUT2D eigenvalue weighted by atomic mass is 10.2. The lowest BCUT2D eigenvalue weighted by Crippen LogP contribution is -2.13. The predicted octanol–water partition coefficient (Wildman–Crippen LogP) is 0.765. The van der Waals surface area contributed by atoms with Gasteiger partial charge in [-0.25, -0.2) is 4.79 Å². The monoisotopic (exact) mass is 200 g/mol. The average molecular weight is 200 g/mol. The smallest absolute Gasteiger partial charge is 0.358 e. The minimum atomic E-state index is -1.14. The van der Waals surface area contributed by atoms with Gasteiger partial charge in [0.1, 0.15) is 7.11 Å². The highest BCUT2D eigenvalue weighted by Crippen LogP contribution is 2.17. The van der Waals surface area contributed by atoms with Crippen LogP contribution < -0.4 is 5.73 Å². The second-order valence-corrected chi connectivity index (χ2v) is 3.11. The summed E-state index contributed by atoms with van der Waals surface area (Å²) in [4.78, 5) is 15.1. The van der Waals surface area contributed by atoms with Crippen LogP contribution >= 0.6 is 11.3 Å². The number of hydrogen-bond acceptors (Lipinski definition) is 5. The quantitative estimate of drug-likeness (QED) is 0.557. The Hall–Kier alpha value is -1.56. The molecule has 0 saturated heterocycles. The maximum atomic E-state index is 10.7. The second-order valence-electron chi connectivity index (χ2n) is 2.17. The molecule has 5 nitrogen and oxygen atoms in total. The molecule has 1 aromatic heterocycles. The molecule has 0 unspecified atom stereocenters. The number of rotatable bonds is 3. The minimum Gasteiger partial charge on any atom is -0.476 e. The van der Waals surface area contributed by atoms with Crippen molar-refractivity contribution in [3.8, 4) is 0 Å². The van der Waals surface area contributed by atoms with Gasteiger partial charge in [-0.05, 0) is 6.07 Å². The van der Waals surface area contributed by atoms with Crippen molar-refractivity contribution < 1.29 is 14.7 Å². The number of thiophene rings is 1. The molecule has 0 bridgehead atoms. The van der Waals surface area contributed by atoms with Crippen LogP contribution in [0, 0.1) is 0 Å². The maximum Gasteiger partial charge on any atom is 0.358 e. The first kappa shape index (κ1) is 9.53. The largest absolute Gasteiger partial charge is 0.476 e. The Morgan fingerprint density at radius 2 is 2.46 bits per heavy atom. The highest BCUT2D eigenvalue weighted by atomic mass is 32.1. The van der Waals surface area contributed by atoms with Crippen LogP contribution in [-0.2, 0) is 9.63 Å². The van der Waals surface area contributed by atoms with Crippen LogP contribution in [0.3, 0.4) is 0 Å². The summed E-state index contributed by atoms with van der Waals surface area (Å²) in [6.45, 7) is 0. The Morgan fingerprint density at radius 3 is 2.85 bits per heavy atom. The van der Waals surface area contributed by atoms with Gasteiger partial charge >= 0.3 is 5.97 Å². The zero-order chi connectivity index (χ0) is 9.84. The van der Waals surface area contributed by atoms with Crippen LogP contribution in [0.15, 0.2) is 16.6 Å². The first-order valence-corrected chi connectivity index (χ1v) is 4.22. The van der Waals surface area contributed by atoms with Crippen molar-refractivity contribution in [3.63, 3.8) is 0 Å². The molecule has 1 aromatic rings. The molecule has 0 radical (unpaired) electrons. The summed E-state index contributed by atoms with van der Waals surface area (Å²) >= 11 is 1.25. The van der Waals surface area contributed by atoms with E-state index in [1.807, 2.05) is 0 Å². The molecule has 1 rings (SSSR count). The average Bonchev–Trinajstić information content (AvgIpc) is 2.46. The van der Waals surface area contributed by atoms with Crippen LogP contribution in [0.2, 0.25) is 0 Å². The lowest BCUT2D eigenvalue weighted by molar-refractivity contribution is -0.129. The number of nitrogens with zero attached hydrogens (tertiary/aromatic N) is 1. The van der Waals surface area contributed by atoms with Gasteiger partial charge in [0, 0.05) is 10.9 Å². The van der Waals surface area contributed by atoms with Gasteiger partial charge in [-0.1, -0.05) is 5.16 Å². The van der Waals surface area contributed by atoms with E-state index in [9.17, 15) is 4.79 Å². The molecule has 0 aliphatic heterocycles. The lowest BCUT2D eigenvalue weighted by Gasteiger charge is -1.95. The summed E-state index contributed by atoms with van der Waals surface area (Å²) in [5.74, 6) is -1.14. The number of carboxylic acid groups (broad SMARTS) is 1. The number of hydrogen-bond donors (Lipinski definition) is 2. The molecular formula is C7H8N2O3S. The molecule has 0 atom stereocenters.